The highest BCUT2D eigenvalue weighted by molar-refractivity contribution is 5.74. The van der Waals surface area contributed by atoms with Crippen LogP contribution in [0.1, 0.15) is 52.4 Å². The molecule has 1 aliphatic heterocycles. The van der Waals surface area contributed by atoms with Gasteiger partial charge in [-0.3, -0.25) is 0 Å². The molecule has 1 unspecified atom stereocenters. The molecule has 1 spiro atoms. The maximum Gasteiger partial charge on any atom is 0.335 e. The van der Waals surface area contributed by atoms with Gasteiger partial charge in [-0.2, -0.15) is 0 Å². The lowest BCUT2D eigenvalue weighted by atomic mass is 9.91. The van der Waals surface area contributed by atoms with Crippen LogP contribution in [0.4, 0.5) is 0 Å². The fraction of sp³-hybridized carbons (Fsp3) is 0.933. The molecule has 1 saturated heterocycles. The molecule has 0 aromatic carbocycles. The summed E-state index contributed by atoms with van der Waals surface area (Å²) in [7, 11) is 0. The third-order valence-corrected chi connectivity index (χ3v) is 3.97. The minimum Gasteiger partial charge on any atom is -0.464 e. The van der Waals surface area contributed by atoms with Crippen molar-refractivity contribution in [3.63, 3.8) is 0 Å². The van der Waals surface area contributed by atoms with E-state index < -0.39 is 6.10 Å². The molecular formula is C15H26O5. The highest BCUT2D eigenvalue weighted by Crippen LogP contribution is 2.37. The number of carbonyl (C=O) groups is 1. The molecule has 0 N–H and O–H groups in total. The van der Waals surface area contributed by atoms with Gasteiger partial charge in [-0.15, -0.1) is 0 Å². The molecule has 116 valence electrons. The van der Waals surface area contributed by atoms with E-state index in [-0.39, 0.29) is 17.9 Å². The Morgan fingerprint density at radius 1 is 1.25 bits per heavy atom. The van der Waals surface area contributed by atoms with Crippen molar-refractivity contribution in [1.82, 2.24) is 0 Å². The highest BCUT2D eigenvalue weighted by atomic mass is 16.7. The van der Waals surface area contributed by atoms with Crippen molar-refractivity contribution < 1.29 is 23.7 Å². The number of carbonyl (C=O) groups excluding carboxylic acids is 1. The average molecular weight is 286 g/mol. The van der Waals surface area contributed by atoms with E-state index in [1.165, 1.54) is 0 Å². The second-order valence-electron chi connectivity index (χ2n) is 5.47. The summed E-state index contributed by atoms with van der Waals surface area (Å²) in [6, 6.07) is 0. The van der Waals surface area contributed by atoms with Gasteiger partial charge in [0.2, 0.25) is 0 Å². The number of hydrogen-bond acceptors (Lipinski definition) is 5. The molecule has 1 atom stereocenters. The molecule has 0 aromatic heterocycles. The van der Waals surface area contributed by atoms with Crippen LogP contribution in [0.15, 0.2) is 0 Å². The van der Waals surface area contributed by atoms with E-state index in [1.54, 1.807) is 0 Å². The average Bonchev–Trinajstić information content (AvgIpc) is 2.90. The van der Waals surface area contributed by atoms with Crippen molar-refractivity contribution in [2.75, 3.05) is 19.8 Å². The molecule has 0 radical (unpaired) electrons. The first-order valence-corrected chi connectivity index (χ1v) is 7.79. The smallest absolute Gasteiger partial charge is 0.335 e. The van der Waals surface area contributed by atoms with Crippen molar-refractivity contribution >= 4 is 5.97 Å². The van der Waals surface area contributed by atoms with Crippen molar-refractivity contribution in [3.8, 4) is 0 Å². The molecule has 1 aliphatic carbocycles. The predicted octanol–water partition coefficient (Wildman–Crippen LogP) is 2.42. The summed E-state index contributed by atoms with van der Waals surface area (Å²) < 4.78 is 22.4. The molecule has 0 bridgehead atoms. The third kappa shape index (κ3) is 3.93. The summed E-state index contributed by atoms with van der Waals surface area (Å²) in [5, 5.41) is 0. The molecule has 2 fully saturated rings. The van der Waals surface area contributed by atoms with Gasteiger partial charge < -0.3 is 18.9 Å². The number of ether oxygens (including phenoxy) is 4. The molecule has 1 saturated carbocycles. The van der Waals surface area contributed by atoms with Crippen molar-refractivity contribution in [2.24, 2.45) is 0 Å². The van der Waals surface area contributed by atoms with Crippen LogP contribution in [0.25, 0.3) is 0 Å². The quantitative estimate of drug-likeness (QED) is 0.702. The molecule has 20 heavy (non-hydrogen) atoms. The highest BCUT2D eigenvalue weighted by Gasteiger charge is 2.41. The van der Waals surface area contributed by atoms with Gasteiger partial charge in [0.15, 0.2) is 11.9 Å². The summed E-state index contributed by atoms with van der Waals surface area (Å²) in [4.78, 5) is 11.9. The van der Waals surface area contributed by atoms with Crippen molar-refractivity contribution in [3.05, 3.63) is 0 Å². The van der Waals surface area contributed by atoms with E-state index in [2.05, 4.69) is 0 Å². The topological polar surface area (TPSA) is 54.0 Å². The van der Waals surface area contributed by atoms with Gasteiger partial charge in [0, 0.05) is 12.8 Å². The van der Waals surface area contributed by atoms with E-state index in [1.807, 2.05) is 13.8 Å². The normalized spacial score (nSPS) is 23.9. The number of hydrogen-bond donors (Lipinski definition) is 0. The van der Waals surface area contributed by atoms with Crippen LogP contribution < -0.4 is 0 Å². The fourth-order valence-corrected chi connectivity index (χ4v) is 2.92. The van der Waals surface area contributed by atoms with E-state index in [0.29, 0.717) is 26.2 Å². The van der Waals surface area contributed by atoms with Crippen LogP contribution in [0.2, 0.25) is 0 Å². The fourth-order valence-electron chi connectivity index (χ4n) is 2.92. The van der Waals surface area contributed by atoms with Gasteiger partial charge in [-0.1, -0.05) is 13.3 Å². The summed E-state index contributed by atoms with van der Waals surface area (Å²) in [6.45, 7) is 5.64. The lowest BCUT2D eigenvalue weighted by molar-refractivity contribution is -0.199. The Morgan fingerprint density at radius 3 is 2.45 bits per heavy atom. The SMILES string of the molecule is CCCC(OC1CCC2(CC1)OCCO2)C(=O)OCC. The van der Waals surface area contributed by atoms with Crippen molar-refractivity contribution in [2.45, 2.75) is 70.4 Å². The first-order chi connectivity index (χ1) is 9.69. The summed E-state index contributed by atoms with van der Waals surface area (Å²) in [5.74, 6) is -0.604. The first kappa shape index (κ1) is 15.7. The van der Waals surface area contributed by atoms with E-state index in [4.69, 9.17) is 18.9 Å². The zero-order valence-electron chi connectivity index (χ0n) is 12.6. The molecule has 0 aromatic rings. The Morgan fingerprint density at radius 2 is 1.90 bits per heavy atom. The first-order valence-electron chi connectivity index (χ1n) is 7.79. The van der Waals surface area contributed by atoms with Gasteiger partial charge in [-0.05, 0) is 26.2 Å². The minimum absolute atomic E-state index is 0.106. The zero-order valence-corrected chi connectivity index (χ0v) is 12.6. The molecular weight excluding hydrogens is 260 g/mol. The second-order valence-corrected chi connectivity index (χ2v) is 5.47. The Labute approximate surface area is 120 Å². The van der Waals surface area contributed by atoms with Crippen LogP contribution in [0, 0.1) is 0 Å². The number of esters is 1. The minimum atomic E-state index is -0.426. The molecule has 5 heteroatoms. The van der Waals surface area contributed by atoms with Crippen molar-refractivity contribution in [1.29, 1.82) is 0 Å². The van der Waals surface area contributed by atoms with E-state index >= 15 is 0 Å². The maximum atomic E-state index is 11.9. The van der Waals surface area contributed by atoms with Crippen LogP contribution in [-0.4, -0.2) is 43.8 Å². The van der Waals surface area contributed by atoms with Gasteiger partial charge in [0.05, 0.1) is 25.9 Å². The standard InChI is InChI=1S/C15H26O5/c1-3-5-13(14(16)17-4-2)20-12-6-8-15(9-7-12)18-10-11-19-15/h12-13H,3-11H2,1-2H3. The van der Waals surface area contributed by atoms with Gasteiger partial charge in [0.1, 0.15) is 0 Å². The molecule has 2 aliphatic rings. The van der Waals surface area contributed by atoms with Gasteiger partial charge in [-0.25, -0.2) is 4.79 Å². The maximum absolute atomic E-state index is 11.9. The lowest BCUT2D eigenvalue weighted by Gasteiger charge is -2.36. The van der Waals surface area contributed by atoms with Gasteiger partial charge in [0.25, 0.3) is 0 Å². The predicted molar refractivity (Wildman–Crippen MR) is 73.3 cm³/mol. The molecule has 2 rings (SSSR count). The van der Waals surface area contributed by atoms with Crippen LogP contribution >= 0.6 is 0 Å². The molecule has 0 amide bonds. The Kier molecular flexibility index (Phi) is 5.81. The van der Waals surface area contributed by atoms with Crippen LogP contribution in [0.3, 0.4) is 0 Å². The largest absolute Gasteiger partial charge is 0.464 e. The monoisotopic (exact) mass is 286 g/mol. The van der Waals surface area contributed by atoms with Gasteiger partial charge >= 0.3 is 5.97 Å². The number of rotatable bonds is 6. The summed E-state index contributed by atoms with van der Waals surface area (Å²) >= 11 is 0. The third-order valence-electron chi connectivity index (χ3n) is 3.97. The summed E-state index contributed by atoms with van der Waals surface area (Å²) in [6.07, 6.45) is 4.75. The van der Waals surface area contributed by atoms with E-state index in [0.717, 1.165) is 32.1 Å². The molecule has 1 heterocycles. The zero-order chi connectivity index (χ0) is 14.4. The van der Waals surface area contributed by atoms with Crippen LogP contribution in [0.5, 0.6) is 0 Å². The Bertz CT molecular complexity index is 301. The van der Waals surface area contributed by atoms with E-state index in [9.17, 15) is 4.79 Å². The molecule has 5 nitrogen and oxygen atoms in total. The van der Waals surface area contributed by atoms with Crippen LogP contribution in [-0.2, 0) is 23.7 Å². The lowest BCUT2D eigenvalue weighted by Crippen LogP contribution is -2.40. The Hall–Kier alpha value is -0.650. The second kappa shape index (κ2) is 7.38. The Balaban J connectivity index is 1.81. The summed E-state index contributed by atoms with van der Waals surface area (Å²) in [5.41, 5.74) is 0.